The Labute approximate surface area is 241 Å². The van der Waals surface area contributed by atoms with E-state index in [4.69, 9.17) is 16.3 Å². The predicted octanol–water partition coefficient (Wildman–Crippen LogP) is 5.19. The Morgan fingerprint density at radius 2 is 1.70 bits per heavy atom. The van der Waals surface area contributed by atoms with Gasteiger partial charge in [0.05, 0.1) is 17.7 Å². The highest BCUT2D eigenvalue weighted by Gasteiger charge is 2.34. The van der Waals surface area contributed by atoms with Gasteiger partial charge in [0.15, 0.2) is 0 Å². The van der Waals surface area contributed by atoms with Gasteiger partial charge in [-0.15, -0.1) is 0 Å². The largest absolute Gasteiger partial charge is 0.497 e. The molecule has 0 fully saturated rings. The summed E-state index contributed by atoms with van der Waals surface area (Å²) in [4.78, 5) is 28.8. The Morgan fingerprint density at radius 1 is 1.00 bits per heavy atom. The third kappa shape index (κ3) is 7.34. The van der Waals surface area contributed by atoms with Crippen molar-refractivity contribution in [1.82, 2.24) is 10.2 Å². The first kappa shape index (κ1) is 31.0. The number of amides is 2. The summed E-state index contributed by atoms with van der Waals surface area (Å²) in [5.74, 6) is -0.214. The molecule has 0 bridgehead atoms. The molecule has 0 radical (unpaired) electrons. The van der Waals surface area contributed by atoms with Crippen LogP contribution in [-0.2, 0) is 26.2 Å². The van der Waals surface area contributed by atoms with Gasteiger partial charge in [0, 0.05) is 18.1 Å². The highest BCUT2D eigenvalue weighted by molar-refractivity contribution is 7.92. The van der Waals surface area contributed by atoms with Crippen molar-refractivity contribution in [2.75, 3.05) is 24.5 Å². The minimum absolute atomic E-state index is 0.0363. The van der Waals surface area contributed by atoms with Crippen molar-refractivity contribution in [2.24, 2.45) is 0 Å². The lowest BCUT2D eigenvalue weighted by Crippen LogP contribution is -2.52. The van der Waals surface area contributed by atoms with Crippen LogP contribution in [0.5, 0.6) is 5.75 Å². The molecule has 0 aliphatic heterocycles. The number of nitrogens with one attached hydrogen (secondary N) is 1. The number of carbonyl (C=O) groups is 2. The van der Waals surface area contributed by atoms with Crippen LogP contribution in [0.2, 0.25) is 5.02 Å². The number of hydrogen-bond donors (Lipinski definition) is 1. The first-order chi connectivity index (χ1) is 19.1. The van der Waals surface area contributed by atoms with E-state index in [9.17, 15) is 18.0 Å². The number of sulfonamides is 1. The van der Waals surface area contributed by atoms with E-state index >= 15 is 0 Å². The van der Waals surface area contributed by atoms with Crippen molar-refractivity contribution in [3.05, 3.63) is 88.9 Å². The van der Waals surface area contributed by atoms with Crippen LogP contribution >= 0.6 is 11.6 Å². The lowest BCUT2D eigenvalue weighted by molar-refractivity contribution is -0.140. The van der Waals surface area contributed by atoms with Gasteiger partial charge in [-0.1, -0.05) is 61.8 Å². The quantitative estimate of drug-likeness (QED) is 0.298. The van der Waals surface area contributed by atoms with Crippen LogP contribution in [0, 0.1) is 6.92 Å². The molecule has 0 spiro atoms. The molecule has 0 saturated heterocycles. The second kappa shape index (κ2) is 14.2. The van der Waals surface area contributed by atoms with Gasteiger partial charge in [-0.25, -0.2) is 8.42 Å². The summed E-state index contributed by atoms with van der Waals surface area (Å²) in [5.41, 5.74) is 1.55. The molecular formula is C30H36ClN3O5S. The zero-order valence-electron chi connectivity index (χ0n) is 23.3. The molecule has 0 aliphatic carbocycles. The minimum Gasteiger partial charge on any atom is -0.497 e. The molecule has 0 aromatic heterocycles. The highest BCUT2D eigenvalue weighted by atomic mass is 35.5. The summed E-state index contributed by atoms with van der Waals surface area (Å²) in [7, 11) is -2.62. The van der Waals surface area contributed by atoms with Crippen molar-refractivity contribution in [2.45, 2.75) is 51.1 Å². The van der Waals surface area contributed by atoms with E-state index in [2.05, 4.69) is 5.32 Å². The molecule has 0 unspecified atom stereocenters. The van der Waals surface area contributed by atoms with Crippen LogP contribution in [0.15, 0.2) is 77.7 Å². The molecule has 1 N–H and O–H groups in total. The maximum absolute atomic E-state index is 14.1. The van der Waals surface area contributed by atoms with Gasteiger partial charge in [-0.05, 0) is 67.3 Å². The van der Waals surface area contributed by atoms with E-state index in [1.165, 1.54) is 17.0 Å². The number of carbonyl (C=O) groups excluding carboxylic acids is 2. The number of ether oxygens (including phenoxy) is 1. The van der Waals surface area contributed by atoms with E-state index in [1.807, 2.05) is 19.9 Å². The molecule has 40 heavy (non-hydrogen) atoms. The van der Waals surface area contributed by atoms with Crippen LogP contribution < -0.4 is 14.4 Å². The predicted molar refractivity (Wildman–Crippen MR) is 158 cm³/mol. The average Bonchev–Trinajstić information content (AvgIpc) is 2.96. The van der Waals surface area contributed by atoms with Gasteiger partial charge in [-0.3, -0.25) is 13.9 Å². The molecule has 3 rings (SSSR count). The smallest absolute Gasteiger partial charge is 0.264 e. The maximum atomic E-state index is 14.1. The number of nitrogens with zero attached hydrogens (tertiary/aromatic N) is 2. The second-order valence-corrected chi connectivity index (χ2v) is 11.6. The number of hydrogen-bond acceptors (Lipinski definition) is 5. The molecular weight excluding hydrogens is 550 g/mol. The lowest BCUT2D eigenvalue weighted by Gasteiger charge is -2.33. The zero-order chi connectivity index (χ0) is 29.3. The fourth-order valence-electron chi connectivity index (χ4n) is 4.35. The summed E-state index contributed by atoms with van der Waals surface area (Å²) in [6, 6.07) is 19.2. The Hall–Kier alpha value is -3.56. The molecule has 0 aliphatic rings. The van der Waals surface area contributed by atoms with Crippen LogP contribution in [0.25, 0.3) is 0 Å². The monoisotopic (exact) mass is 585 g/mol. The Kier molecular flexibility index (Phi) is 11.0. The normalized spacial score (nSPS) is 11.9. The maximum Gasteiger partial charge on any atom is 0.264 e. The van der Waals surface area contributed by atoms with E-state index in [1.54, 1.807) is 68.6 Å². The lowest BCUT2D eigenvalue weighted by atomic mass is 10.1. The van der Waals surface area contributed by atoms with Gasteiger partial charge in [0.2, 0.25) is 11.8 Å². The van der Waals surface area contributed by atoms with Gasteiger partial charge < -0.3 is 15.0 Å². The summed E-state index contributed by atoms with van der Waals surface area (Å²) >= 11 is 6.37. The van der Waals surface area contributed by atoms with Crippen molar-refractivity contribution >= 4 is 39.1 Å². The fourth-order valence-corrected chi connectivity index (χ4v) is 6.01. The van der Waals surface area contributed by atoms with Gasteiger partial charge in [0.1, 0.15) is 18.3 Å². The van der Waals surface area contributed by atoms with E-state index in [-0.39, 0.29) is 23.0 Å². The first-order valence-electron chi connectivity index (χ1n) is 13.2. The number of anilines is 1. The molecule has 8 nitrogen and oxygen atoms in total. The van der Waals surface area contributed by atoms with Crippen LogP contribution in [-0.4, -0.2) is 51.4 Å². The molecule has 3 aromatic carbocycles. The molecule has 0 saturated carbocycles. The van der Waals surface area contributed by atoms with E-state index in [0.29, 0.717) is 29.3 Å². The van der Waals surface area contributed by atoms with Crippen molar-refractivity contribution in [3.8, 4) is 5.75 Å². The van der Waals surface area contributed by atoms with Crippen molar-refractivity contribution < 1.29 is 22.7 Å². The highest BCUT2D eigenvalue weighted by Crippen LogP contribution is 2.31. The molecule has 10 heteroatoms. The standard InChI is InChI=1S/C30H36ClN3O5S/c1-5-18-32-30(36)27(6-2)33(20-23-12-10-13-24(19-23)39-4)29(35)21-34(28-17-11-16-26(31)22(28)3)40(37,38)25-14-8-7-9-15-25/h7-17,19,27H,5-6,18,20-21H2,1-4H3,(H,32,36)/t27-/m0/s1. The second-order valence-electron chi connectivity index (χ2n) is 9.30. The zero-order valence-corrected chi connectivity index (χ0v) is 24.8. The minimum atomic E-state index is -4.17. The average molecular weight is 586 g/mol. The Bertz CT molecular complexity index is 1420. The van der Waals surface area contributed by atoms with Gasteiger partial charge >= 0.3 is 0 Å². The summed E-state index contributed by atoms with van der Waals surface area (Å²) < 4.78 is 34.3. The molecule has 214 valence electrons. The Morgan fingerprint density at radius 3 is 2.35 bits per heavy atom. The van der Waals surface area contributed by atoms with Crippen LogP contribution in [0.4, 0.5) is 5.69 Å². The van der Waals surface area contributed by atoms with Gasteiger partial charge in [-0.2, -0.15) is 0 Å². The fraction of sp³-hybridized carbons (Fsp3) is 0.333. The molecule has 0 heterocycles. The number of methoxy groups -OCH3 is 1. The first-order valence-corrected chi connectivity index (χ1v) is 15.0. The summed E-state index contributed by atoms with van der Waals surface area (Å²) in [5, 5.41) is 3.25. The number of rotatable bonds is 13. The van der Waals surface area contributed by atoms with E-state index in [0.717, 1.165) is 16.3 Å². The Balaban J connectivity index is 2.09. The topological polar surface area (TPSA) is 96.0 Å². The van der Waals surface area contributed by atoms with Crippen LogP contribution in [0.1, 0.15) is 37.8 Å². The SMILES string of the molecule is CCCNC(=O)[C@H](CC)N(Cc1cccc(OC)c1)C(=O)CN(c1cccc(Cl)c1C)S(=O)(=O)c1ccccc1. The van der Waals surface area contributed by atoms with Crippen molar-refractivity contribution in [1.29, 1.82) is 0 Å². The number of halogens is 1. The summed E-state index contributed by atoms with van der Waals surface area (Å²) in [6.45, 7) is 5.49. The number of benzene rings is 3. The third-order valence-electron chi connectivity index (χ3n) is 6.54. The van der Waals surface area contributed by atoms with E-state index < -0.39 is 28.5 Å². The van der Waals surface area contributed by atoms with Crippen LogP contribution in [0.3, 0.4) is 0 Å². The molecule has 2 amide bonds. The molecule has 1 atom stereocenters. The van der Waals surface area contributed by atoms with Crippen molar-refractivity contribution in [3.63, 3.8) is 0 Å². The summed E-state index contributed by atoms with van der Waals surface area (Å²) in [6.07, 6.45) is 1.08. The third-order valence-corrected chi connectivity index (χ3v) is 8.72. The van der Waals surface area contributed by atoms with Gasteiger partial charge in [0.25, 0.3) is 10.0 Å². The molecule has 3 aromatic rings.